The predicted octanol–water partition coefficient (Wildman–Crippen LogP) is 5.22. The molecule has 6 nitrogen and oxygen atoms in total. The first-order chi connectivity index (χ1) is 13.5. The van der Waals surface area contributed by atoms with E-state index < -0.39 is 6.09 Å². The molecule has 2 amide bonds. The van der Waals surface area contributed by atoms with Crippen molar-refractivity contribution in [3.63, 3.8) is 0 Å². The molecule has 0 radical (unpaired) electrons. The number of methoxy groups -OCH3 is 1. The maximum absolute atomic E-state index is 12.4. The summed E-state index contributed by atoms with van der Waals surface area (Å²) in [5.74, 6) is 1.14. The molecular formula is C22H20N2O4. The lowest BCUT2D eigenvalue weighted by atomic mass is 10.2. The molecule has 2 N–H and O–H groups in total. The summed E-state index contributed by atoms with van der Waals surface area (Å²) >= 11 is 0. The molecule has 0 atom stereocenters. The topological polar surface area (TPSA) is 76.7 Å². The molecule has 0 fully saturated rings. The van der Waals surface area contributed by atoms with Gasteiger partial charge in [0.25, 0.3) is 5.91 Å². The van der Waals surface area contributed by atoms with Crippen molar-refractivity contribution in [2.75, 3.05) is 17.7 Å². The molecule has 142 valence electrons. The average Bonchev–Trinajstić information content (AvgIpc) is 2.69. The van der Waals surface area contributed by atoms with Crippen LogP contribution in [0.5, 0.6) is 11.5 Å². The van der Waals surface area contributed by atoms with Crippen LogP contribution in [0.3, 0.4) is 0 Å². The number of hydrogen-bond donors (Lipinski definition) is 2. The maximum atomic E-state index is 12.4. The van der Waals surface area contributed by atoms with Gasteiger partial charge >= 0.3 is 6.09 Å². The van der Waals surface area contributed by atoms with Gasteiger partial charge in [0.15, 0.2) is 0 Å². The van der Waals surface area contributed by atoms with E-state index in [0.717, 1.165) is 11.3 Å². The highest BCUT2D eigenvalue weighted by Gasteiger charge is 2.09. The Morgan fingerprint density at radius 3 is 2.25 bits per heavy atom. The van der Waals surface area contributed by atoms with Gasteiger partial charge in [0, 0.05) is 16.9 Å². The first-order valence-electron chi connectivity index (χ1n) is 8.64. The second kappa shape index (κ2) is 8.73. The van der Waals surface area contributed by atoms with Gasteiger partial charge in [0.2, 0.25) is 0 Å². The number of benzene rings is 3. The summed E-state index contributed by atoms with van der Waals surface area (Å²) in [7, 11) is 1.28. The first kappa shape index (κ1) is 19.0. The molecule has 0 bridgehead atoms. The SMILES string of the molecule is COC(=O)Nc1cccc(C(=O)Nc2ccc(Oc3cccc(C)c3)cc2)c1. The fourth-order valence-corrected chi connectivity index (χ4v) is 2.53. The zero-order chi connectivity index (χ0) is 19.9. The van der Waals surface area contributed by atoms with Gasteiger partial charge in [-0.05, 0) is 67.1 Å². The third-order valence-corrected chi connectivity index (χ3v) is 3.89. The fourth-order valence-electron chi connectivity index (χ4n) is 2.53. The van der Waals surface area contributed by atoms with E-state index in [2.05, 4.69) is 15.4 Å². The molecule has 3 aromatic rings. The van der Waals surface area contributed by atoms with E-state index in [1.807, 2.05) is 31.2 Å². The van der Waals surface area contributed by atoms with Crippen LogP contribution in [0.25, 0.3) is 0 Å². The van der Waals surface area contributed by atoms with Crippen LogP contribution >= 0.6 is 0 Å². The Balaban J connectivity index is 1.64. The summed E-state index contributed by atoms with van der Waals surface area (Å²) in [6.45, 7) is 2.00. The summed E-state index contributed by atoms with van der Waals surface area (Å²) in [6.07, 6.45) is -0.596. The van der Waals surface area contributed by atoms with Gasteiger partial charge in [-0.1, -0.05) is 18.2 Å². The van der Waals surface area contributed by atoms with E-state index in [4.69, 9.17) is 4.74 Å². The summed E-state index contributed by atoms with van der Waals surface area (Å²) < 4.78 is 10.4. The van der Waals surface area contributed by atoms with E-state index in [-0.39, 0.29) is 5.91 Å². The van der Waals surface area contributed by atoms with Gasteiger partial charge in [0.1, 0.15) is 11.5 Å². The van der Waals surface area contributed by atoms with Gasteiger partial charge in [-0.25, -0.2) is 4.79 Å². The molecule has 0 aliphatic heterocycles. The van der Waals surface area contributed by atoms with E-state index >= 15 is 0 Å². The smallest absolute Gasteiger partial charge is 0.411 e. The molecule has 3 rings (SSSR count). The summed E-state index contributed by atoms with van der Waals surface area (Å²) in [5.41, 5.74) is 2.63. The van der Waals surface area contributed by atoms with E-state index in [0.29, 0.717) is 22.7 Å². The number of aryl methyl sites for hydroxylation is 1. The van der Waals surface area contributed by atoms with Crippen LogP contribution in [0.15, 0.2) is 72.8 Å². The highest BCUT2D eigenvalue weighted by Crippen LogP contribution is 2.24. The molecule has 0 heterocycles. The average molecular weight is 376 g/mol. The number of rotatable bonds is 5. The summed E-state index contributed by atoms with van der Waals surface area (Å²) in [5, 5.41) is 5.34. The lowest BCUT2D eigenvalue weighted by Crippen LogP contribution is -2.14. The van der Waals surface area contributed by atoms with Crippen molar-refractivity contribution in [3.05, 3.63) is 83.9 Å². The fraction of sp³-hybridized carbons (Fsp3) is 0.0909. The van der Waals surface area contributed by atoms with Gasteiger partial charge < -0.3 is 14.8 Å². The van der Waals surface area contributed by atoms with Crippen LogP contribution in [0.1, 0.15) is 15.9 Å². The van der Waals surface area contributed by atoms with Crippen molar-refractivity contribution in [1.29, 1.82) is 0 Å². The molecule has 6 heteroatoms. The predicted molar refractivity (Wildman–Crippen MR) is 108 cm³/mol. The van der Waals surface area contributed by atoms with Gasteiger partial charge in [-0.15, -0.1) is 0 Å². The second-order valence-corrected chi connectivity index (χ2v) is 6.09. The zero-order valence-corrected chi connectivity index (χ0v) is 15.6. The molecule has 0 spiro atoms. The number of anilines is 2. The van der Waals surface area contributed by atoms with E-state index in [1.54, 1.807) is 48.5 Å². The Kier molecular flexibility index (Phi) is 5.91. The molecule has 0 unspecified atom stereocenters. The summed E-state index contributed by atoms with van der Waals surface area (Å²) in [6, 6.07) is 21.4. The number of carbonyl (C=O) groups is 2. The van der Waals surface area contributed by atoms with Crippen molar-refractivity contribution in [1.82, 2.24) is 0 Å². The van der Waals surface area contributed by atoms with Crippen LogP contribution in [0, 0.1) is 6.92 Å². The molecular weight excluding hydrogens is 356 g/mol. The molecule has 0 saturated heterocycles. The summed E-state index contributed by atoms with van der Waals surface area (Å²) in [4.78, 5) is 23.7. The minimum absolute atomic E-state index is 0.291. The number of ether oxygens (including phenoxy) is 2. The second-order valence-electron chi connectivity index (χ2n) is 6.09. The molecule has 0 saturated carbocycles. The van der Waals surface area contributed by atoms with Crippen LogP contribution in [-0.2, 0) is 4.74 Å². The molecule has 0 aliphatic carbocycles. The van der Waals surface area contributed by atoms with Crippen LogP contribution in [0.4, 0.5) is 16.2 Å². The Labute approximate surface area is 163 Å². The monoisotopic (exact) mass is 376 g/mol. The Bertz CT molecular complexity index is 984. The van der Waals surface area contributed by atoms with Crippen molar-refractivity contribution in [3.8, 4) is 11.5 Å². The highest BCUT2D eigenvalue weighted by molar-refractivity contribution is 6.05. The molecule has 28 heavy (non-hydrogen) atoms. The Morgan fingerprint density at radius 2 is 1.54 bits per heavy atom. The minimum Gasteiger partial charge on any atom is -0.457 e. The van der Waals surface area contributed by atoms with Crippen molar-refractivity contribution in [2.45, 2.75) is 6.92 Å². The minimum atomic E-state index is -0.596. The number of amides is 2. The van der Waals surface area contributed by atoms with Gasteiger partial charge in [-0.2, -0.15) is 0 Å². The first-order valence-corrected chi connectivity index (χ1v) is 8.64. The highest BCUT2D eigenvalue weighted by atomic mass is 16.5. The molecule has 0 aliphatic rings. The zero-order valence-electron chi connectivity index (χ0n) is 15.6. The largest absolute Gasteiger partial charge is 0.457 e. The lowest BCUT2D eigenvalue weighted by Gasteiger charge is -2.09. The quantitative estimate of drug-likeness (QED) is 0.640. The van der Waals surface area contributed by atoms with E-state index in [9.17, 15) is 9.59 Å². The van der Waals surface area contributed by atoms with Crippen molar-refractivity contribution < 1.29 is 19.1 Å². The third kappa shape index (κ3) is 5.11. The third-order valence-electron chi connectivity index (χ3n) is 3.89. The van der Waals surface area contributed by atoms with Crippen molar-refractivity contribution >= 4 is 23.4 Å². The van der Waals surface area contributed by atoms with E-state index in [1.165, 1.54) is 7.11 Å². The normalized spacial score (nSPS) is 10.1. The lowest BCUT2D eigenvalue weighted by molar-refractivity contribution is 0.102. The number of hydrogen-bond acceptors (Lipinski definition) is 4. The Hall–Kier alpha value is -3.80. The van der Waals surface area contributed by atoms with Crippen LogP contribution < -0.4 is 15.4 Å². The number of nitrogens with one attached hydrogen (secondary N) is 2. The standard InChI is InChI=1S/C22H20N2O4/c1-15-5-3-8-20(13-15)28-19-11-9-17(10-12-19)23-21(25)16-6-4-7-18(14-16)24-22(26)27-2/h3-14H,1-2H3,(H,23,25)(H,24,26). The Morgan fingerprint density at radius 1 is 0.786 bits per heavy atom. The van der Waals surface area contributed by atoms with Crippen LogP contribution in [-0.4, -0.2) is 19.1 Å². The maximum Gasteiger partial charge on any atom is 0.411 e. The van der Waals surface area contributed by atoms with Gasteiger partial charge in [0.05, 0.1) is 7.11 Å². The van der Waals surface area contributed by atoms with Crippen LogP contribution in [0.2, 0.25) is 0 Å². The number of carbonyl (C=O) groups excluding carboxylic acids is 2. The molecule has 0 aromatic heterocycles. The van der Waals surface area contributed by atoms with Crippen molar-refractivity contribution in [2.24, 2.45) is 0 Å². The van der Waals surface area contributed by atoms with Gasteiger partial charge in [-0.3, -0.25) is 10.1 Å². The molecule has 3 aromatic carbocycles.